The van der Waals surface area contributed by atoms with Crippen LogP contribution < -0.4 is 5.32 Å². The molecule has 1 aliphatic rings. The zero-order chi connectivity index (χ0) is 12.3. The van der Waals surface area contributed by atoms with Crippen molar-refractivity contribution in [2.45, 2.75) is 51.9 Å². The van der Waals surface area contributed by atoms with E-state index >= 15 is 0 Å². The molecule has 0 saturated heterocycles. The van der Waals surface area contributed by atoms with Crippen molar-refractivity contribution in [3.05, 3.63) is 36.6 Å². The lowest BCUT2D eigenvalue weighted by Gasteiger charge is -2.20. The fourth-order valence-corrected chi connectivity index (χ4v) is 2.44. The van der Waals surface area contributed by atoms with Gasteiger partial charge in [0.2, 0.25) is 0 Å². The van der Waals surface area contributed by atoms with Crippen LogP contribution in [0.25, 0.3) is 0 Å². The molecule has 1 nitrogen and oxygen atoms in total. The Balaban J connectivity index is 2.31. The predicted molar refractivity (Wildman–Crippen MR) is 76.9 cm³/mol. The van der Waals surface area contributed by atoms with E-state index in [-0.39, 0.29) is 0 Å². The highest BCUT2D eigenvalue weighted by molar-refractivity contribution is 5.19. The third-order valence-electron chi connectivity index (χ3n) is 3.54. The summed E-state index contributed by atoms with van der Waals surface area (Å²) >= 11 is 0. The van der Waals surface area contributed by atoms with Gasteiger partial charge in [0, 0.05) is 12.2 Å². The Kier molecular flexibility index (Phi) is 7.53. The van der Waals surface area contributed by atoms with Gasteiger partial charge in [-0.2, -0.15) is 0 Å². The van der Waals surface area contributed by atoms with E-state index in [0.717, 1.165) is 12.5 Å². The SMILES string of the molecule is C=C/C=C\C(=C/C)NCC1CCCCCCC1. The molecule has 1 fully saturated rings. The van der Waals surface area contributed by atoms with Crippen LogP contribution in [0.3, 0.4) is 0 Å². The molecule has 0 amide bonds. The van der Waals surface area contributed by atoms with E-state index in [4.69, 9.17) is 0 Å². The van der Waals surface area contributed by atoms with Crippen LogP contribution in [0.15, 0.2) is 36.6 Å². The first-order chi connectivity index (χ1) is 8.36. The standard InChI is InChI=1S/C16H27N/c1-3-5-13-16(4-2)17-14-15-11-9-7-6-8-10-12-15/h3-5,13,15,17H,1,6-12,14H2,2H3/b13-5-,16-4+. The van der Waals surface area contributed by atoms with Gasteiger partial charge in [-0.15, -0.1) is 0 Å². The molecule has 0 radical (unpaired) electrons. The van der Waals surface area contributed by atoms with E-state index in [1.165, 1.54) is 50.6 Å². The van der Waals surface area contributed by atoms with Gasteiger partial charge in [0.15, 0.2) is 0 Å². The van der Waals surface area contributed by atoms with Gasteiger partial charge < -0.3 is 5.32 Å². The topological polar surface area (TPSA) is 12.0 Å². The van der Waals surface area contributed by atoms with Crippen LogP contribution in [0.1, 0.15) is 51.9 Å². The van der Waals surface area contributed by atoms with Crippen LogP contribution in [-0.4, -0.2) is 6.54 Å². The number of rotatable bonds is 5. The van der Waals surface area contributed by atoms with Crippen LogP contribution >= 0.6 is 0 Å². The molecule has 1 N–H and O–H groups in total. The minimum absolute atomic E-state index is 0.863. The third-order valence-corrected chi connectivity index (χ3v) is 3.54. The van der Waals surface area contributed by atoms with E-state index < -0.39 is 0 Å². The highest BCUT2D eigenvalue weighted by Crippen LogP contribution is 2.21. The van der Waals surface area contributed by atoms with Crippen molar-refractivity contribution in [3.8, 4) is 0 Å². The molecule has 0 heterocycles. The van der Waals surface area contributed by atoms with Gasteiger partial charge in [-0.05, 0) is 31.8 Å². The fraction of sp³-hybridized carbons (Fsp3) is 0.625. The van der Waals surface area contributed by atoms with Crippen LogP contribution in [0, 0.1) is 5.92 Å². The second kappa shape index (κ2) is 9.09. The van der Waals surface area contributed by atoms with Crippen molar-refractivity contribution in [3.63, 3.8) is 0 Å². The van der Waals surface area contributed by atoms with Crippen molar-refractivity contribution in [2.24, 2.45) is 5.92 Å². The average Bonchev–Trinajstić information content (AvgIpc) is 2.31. The van der Waals surface area contributed by atoms with Crippen molar-refractivity contribution in [1.82, 2.24) is 5.32 Å². The zero-order valence-corrected chi connectivity index (χ0v) is 11.3. The zero-order valence-electron chi connectivity index (χ0n) is 11.3. The maximum absolute atomic E-state index is 3.70. The normalized spacial score (nSPS) is 19.9. The van der Waals surface area contributed by atoms with Gasteiger partial charge in [0.1, 0.15) is 0 Å². The highest BCUT2D eigenvalue weighted by Gasteiger charge is 2.10. The Morgan fingerprint density at radius 3 is 2.41 bits per heavy atom. The average molecular weight is 233 g/mol. The summed E-state index contributed by atoms with van der Waals surface area (Å²) in [5, 5.41) is 3.55. The molecule has 1 heteroatoms. The lowest BCUT2D eigenvalue weighted by atomic mass is 9.91. The van der Waals surface area contributed by atoms with Gasteiger partial charge in [-0.1, -0.05) is 56.9 Å². The van der Waals surface area contributed by atoms with Crippen molar-refractivity contribution in [1.29, 1.82) is 0 Å². The van der Waals surface area contributed by atoms with E-state index in [1.54, 1.807) is 0 Å². The van der Waals surface area contributed by atoms with E-state index in [0.29, 0.717) is 0 Å². The molecule has 0 aliphatic heterocycles. The largest absolute Gasteiger partial charge is 0.385 e. The summed E-state index contributed by atoms with van der Waals surface area (Å²) in [6.07, 6.45) is 18.0. The smallest absolute Gasteiger partial charge is 0.0296 e. The minimum atomic E-state index is 0.863. The molecule has 0 aromatic rings. The van der Waals surface area contributed by atoms with Crippen molar-refractivity contribution < 1.29 is 0 Å². The number of nitrogens with one attached hydrogen (secondary N) is 1. The van der Waals surface area contributed by atoms with Gasteiger partial charge in [0.05, 0.1) is 0 Å². The lowest BCUT2D eigenvalue weighted by molar-refractivity contribution is 0.371. The van der Waals surface area contributed by atoms with Crippen LogP contribution in [0.2, 0.25) is 0 Å². The first-order valence-electron chi connectivity index (χ1n) is 7.06. The molecule has 1 rings (SSSR count). The Morgan fingerprint density at radius 2 is 1.82 bits per heavy atom. The first kappa shape index (κ1) is 14.1. The molecule has 0 bridgehead atoms. The second-order valence-corrected chi connectivity index (χ2v) is 4.93. The fourth-order valence-electron chi connectivity index (χ4n) is 2.44. The molecular weight excluding hydrogens is 206 g/mol. The molecule has 0 aromatic heterocycles. The summed E-state index contributed by atoms with van der Waals surface area (Å²) in [6.45, 7) is 6.90. The summed E-state index contributed by atoms with van der Waals surface area (Å²) in [5.41, 5.74) is 1.21. The maximum Gasteiger partial charge on any atom is 0.0296 e. The summed E-state index contributed by atoms with van der Waals surface area (Å²) in [7, 11) is 0. The molecule has 96 valence electrons. The summed E-state index contributed by atoms with van der Waals surface area (Å²) < 4.78 is 0. The predicted octanol–water partition coefficient (Wildman–Crippen LogP) is 4.58. The van der Waals surface area contributed by atoms with Gasteiger partial charge in [-0.25, -0.2) is 0 Å². The molecule has 0 atom stereocenters. The quantitative estimate of drug-likeness (QED) is 0.685. The summed E-state index contributed by atoms with van der Waals surface area (Å²) in [5.74, 6) is 0.863. The van der Waals surface area contributed by atoms with Gasteiger partial charge >= 0.3 is 0 Å². The summed E-state index contributed by atoms with van der Waals surface area (Å²) in [4.78, 5) is 0. The Bertz CT molecular complexity index is 255. The van der Waals surface area contributed by atoms with Crippen molar-refractivity contribution in [2.75, 3.05) is 6.54 Å². The van der Waals surface area contributed by atoms with Crippen molar-refractivity contribution >= 4 is 0 Å². The molecule has 1 aliphatic carbocycles. The number of hydrogen-bond donors (Lipinski definition) is 1. The Morgan fingerprint density at radius 1 is 1.18 bits per heavy atom. The highest BCUT2D eigenvalue weighted by atomic mass is 14.9. The van der Waals surface area contributed by atoms with Crippen LogP contribution in [0.5, 0.6) is 0 Å². The third kappa shape index (κ3) is 6.35. The second-order valence-electron chi connectivity index (χ2n) is 4.93. The molecule has 0 unspecified atom stereocenters. The first-order valence-corrected chi connectivity index (χ1v) is 7.06. The molecule has 17 heavy (non-hydrogen) atoms. The molecule has 0 aromatic carbocycles. The molecule has 0 spiro atoms. The van der Waals surface area contributed by atoms with E-state index in [2.05, 4.69) is 31.0 Å². The van der Waals surface area contributed by atoms with Gasteiger partial charge in [-0.3, -0.25) is 0 Å². The lowest BCUT2D eigenvalue weighted by Crippen LogP contribution is -2.22. The summed E-state index contributed by atoms with van der Waals surface area (Å²) in [6, 6.07) is 0. The Labute approximate surface area is 107 Å². The van der Waals surface area contributed by atoms with Crippen LogP contribution in [-0.2, 0) is 0 Å². The number of allylic oxidation sites excluding steroid dienone is 4. The minimum Gasteiger partial charge on any atom is -0.385 e. The molecular formula is C16H27N. The Hall–Kier alpha value is -0.980. The van der Waals surface area contributed by atoms with Crippen LogP contribution in [0.4, 0.5) is 0 Å². The van der Waals surface area contributed by atoms with E-state index in [1.807, 2.05) is 12.2 Å². The van der Waals surface area contributed by atoms with E-state index in [9.17, 15) is 0 Å². The monoisotopic (exact) mass is 233 g/mol. The number of hydrogen-bond acceptors (Lipinski definition) is 1. The molecule has 1 saturated carbocycles. The van der Waals surface area contributed by atoms with Gasteiger partial charge in [0.25, 0.3) is 0 Å². The maximum atomic E-state index is 3.70.